The van der Waals surface area contributed by atoms with Crippen molar-refractivity contribution in [2.45, 2.75) is 25.7 Å². The third-order valence-electron chi connectivity index (χ3n) is 5.49. The fourth-order valence-electron chi connectivity index (χ4n) is 3.84. The summed E-state index contributed by atoms with van der Waals surface area (Å²) in [5.74, 6) is 1.06. The molecule has 2 aliphatic rings. The maximum absolute atomic E-state index is 12.7. The molecule has 0 atom stereocenters. The molecule has 0 radical (unpaired) electrons. The molecule has 8 heteroatoms. The molecule has 5 nitrogen and oxygen atoms in total. The monoisotopic (exact) mass is 427 g/mol. The number of hydrogen-bond donors (Lipinski definition) is 1. The Labute approximate surface area is 174 Å². The van der Waals surface area contributed by atoms with E-state index in [1.165, 1.54) is 22.2 Å². The summed E-state index contributed by atoms with van der Waals surface area (Å²) in [5.41, 5.74) is 0. The zero-order valence-electron chi connectivity index (χ0n) is 15.3. The van der Waals surface area contributed by atoms with Crippen molar-refractivity contribution in [3.05, 3.63) is 22.4 Å². The molecular formula is C19H26ClN3O2S2. The molecule has 0 aromatic carbocycles. The molecule has 0 spiro atoms. The highest BCUT2D eigenvalue weighted by molar-refractivity contribution is 7.27. The van der Waals surface area contributed by atoms with Gasteiger partial charge in [-0.1, -0.05) is 0 Å². The van der Waals surface area contributed by atoms with Crippen LogP contribution in [-0.2, 0) is 4.79 Å². The SMILES string of the molecule is Cl.O=C(CCC1CCNCC1)N1CCN(C(=O)c2cc3sccc3s2)CC1. The number of amides is 2. The molecule has 2 aromatic heterocycles. The number of piperidine rings is 1. The second-order valence-corrected chi connectivity index (χ2v) is 9.20. The van der Waals surface area contributed by atoms with Crippen molar-refractivity contribution in [1.82, 2.24) is 15.1 Å². The molecule has 2 fully saturated rings. The molecule has 4 rings (SSSR count). The molecule has 2 aromatic rings. The lowest BCUT2D eigenvalue weighted by Crippen LogP contribution is -2.50. The Morgan fingerprint density at radius 1 is 1.07 bits per heavy atom. The van der Waals surface area contributed by atoms with E-state index in [4.69, 9.17) is 0 Å². The van der Waals surface area contributed by atoms with Crippen LogP contribution in [0, 0.1) is 5.92 Å². The number of piperazine rings is 1. The number of rotatable bonds is 4. The summed E-state index contributed by atoms with van der Waals surface area (Å²) in [7, 11) is 0. The predicted octanol–water partition coefficient (Wildman–Crippen LogP) is 3.45. The Balaban J connectivity index is 0.00000210. The second kappa shape index (κ2) is 9.37. The van der Waals surface area contributed by atoms with Gasteiger partial charge in [-0.3, -0.25) is 9.59 Å². The van der Waals surface area contributed by atoms with Crippen molar-refractivity contribution < 1.29 is 9.59 Å². The molecule has 0 bridgehead atoms. The van der Waals surface area contributed by atoms with Gasteiger partial charge in [0.15, 0.2) is 0 Å². The highest BCUT2D eigenvalue weighted by atomic mass is 35.5. The first-order chi connectivity index (χ1) is 12.7. The number of carbonyl (C=O) groups is 2. The standard InChI is InChI=1S/C19H25N3O2S2.ClH/c23-18(2-1-14-3-6-20-7-4-14)21-8-10-22(11-9-21)19(24)17-13-16-15(26-17)5-12-25-16;/h5,12-14,20H,1-4,6-11H2;1H. The number of nitrogens with one attached hydrogen (secondary N) is 1. The zero-order valence-corrected chi connectivity index (χ0v) is 17.8. The summed E-state index contributed by atoms with van der Waals surface area (Å²) >= 11 is 3.25. The van der Waals surface area contributed by atoms with Crippen LogP contribution in [0.2, 0.25) is 0 Å². The van der Waals surface area contributed by atoms with Crippen LogP contribution in [0.3, 0.4) is 0 Å². The van der Waals surface area contributed by atoms with Crippen LogP contribution >= 0.6 is 35.1 Å². The summed E-state index contributed by atoms with van der Waals surface area (Å²) in [6, 6.07) is 4.07. The van der Waals surface area contributed by atoms with Gasteiger partial charge < -0.3 is 15.1 Å². The van der Waals surface area contributed by atoms with Crippen LogP contribution in [0.1, 0.15) is 35.4 Å². The lowest BCUT2D eigenvalue weighted by Gasteiger charge is -2.35. The lowest BCUT2D eigenvalue weighted by atomic mass is 9.93. The molecule has 0 saturated carbocycles. The van der Waals surface area contributed by atoms with Gasteiger partial charge in [0.2, 0.25) is 5.91 Å². The third-order valence-corrected chi connectivity index (χ3v) is 7.58. The normalized spacial score (nSPS) is 18.5. The van der Waals surface area contributed by atoms with Gasteiger partial charge in [-0.15, -0.1) is 35.1 Å². The van der Waals surface area contributed by atoms with Crippen LogP contribution in [0.25, 0.3) is 9.40 Å². The minimum absolute atomic E-state index is 0. The zero-order chi connectivity index (χ0) is 17.9. The summed E-state index contributed by atoms with van der Waals surface area (Å²) in [6.07, 6.45) is 4.03. The number of hydrogen-bond acceptors (Lipinski definition) is 5. The van der Waals surface area contributed by atoms with E-state index >= 15 is 0 Å². The van der Waals surface area contributed by atoms with E-state index in [0.29, 0.717) is 38.5 Å². The van der Waals surface area contributed by atoms with Crippen LogP contribution < -0.4 is 5.32 Å². The Kier molecular flexibility index (Phi) is 7.14. The van der Waals surface area contributed by atoms with Crippen LogP contribution in [0.5, 0.6) is 0 Å². The molecule has 2 saturated heterocycles. The van der Waals surface area contributed by atoms with Gasteiger partial charge in [0.05, 0.1) is 4.88 Å². The number of carbonyl (C=O) groups excluding carboxylic acids is 2. The molecule has 1 N–H and O–H groups in total. The van der Waals surface area contributed by atoms with Gasteiger partial charge >= 0.3 is 0 Å². The molecule has 27 heavy (non-hydrogen) atoms. The minimum Gasteiger partial charge on any atom is -0.339 e. The van der Waals surface area contributed by atoms with Gasteiger partial charge in [0.25, 0.3) is 5.91 Å². The number of nitrogens with zero attached hydrogens (tertiary/aromatic N) is 2. The summed E-state index contributed by atoms with van der Waals surface area (Å²) < 4.78 is 2.37. The minimum atomic E-state index is 0. The fourth-order valence-corrected chi connectivity index (χ4v) is 5.92. The fraction of sp³-hybridized carbons (Fsp3) is 0.579. The molecule has 4 heterocycles. The van der Waals surface area contributed by atoms with E-state index < -0.39 is 0 Å². The Hall–Kier alpha value is -1.15. The van der Waals surface area contributed by atoms with E-state index in [1.807, 2.05) is 15.9 Å². The van der Waals surface area contributed by atoms with E-state index in [2.05, 4.69) is 16.8 Å². The quantitative estimate of drug-likeness (QED) is 0.813. The van der Waals surface area contributed by atoms with Gasteiger partial charge in [0, 0.05) is 42.0 Å². The number of fused-ring (bicyclic) bond motifs is 1. The van der Waals surface area contributed by atoms with Crippen molar-refractivity contribution in [3.8, 4) is 0 Å². The van der Waals surface area contributed by atoms with Crippen molar-refractivity contribution in [3.63, 3.8) is 0 Å². The molecule has 2 aliphatic heterocycles. The summed E-state index contributed by atoms with van der Waals surface area (Å²) in [6.45, 7) is 4.78. The van der Waals surface area contributed by atoms with Crippen molar-refractivity contribution in [1.29, 1.82) is 0 Å². The smallest absolute Gasteiger partial charge is 0.264 e. The first kappa shape index (κ1) is 20.6. The van der Waals surface area contributed by atoms with Gasteiger partial charge in [-0.05, 0) is 55.8 Å². The highest BCUT2D eigenvalue weighted by Gasteiger charge is 2.26. The molecular weight excluding hydrogens is 402 g/mol. The highest BCUT2D eigenvalue weighted by Crippen LogP contribution is 2.31. The first-order valence-corrected chi connectivity index (χ1v) is 11.1. The van der Waals surface area contributed by atoms with Gasteiger partial charge in [-0.25, -0.2) is 0 Å². The Morgan fingerprint density at radius 3 is 2.48 bits per heavy atom. The van der Waals surface area contributed by atoms with E-state index in [-0.39, 0.29) is 24.2 Å². The molecule has 0 aliphatic carbocycles. The number of thiophene rings is 2. The Bertz CT molecular complexity index is 748. The van der Waals surface area contributed by atoms with E-state index in [9.17, 15) is 9.59 Å². The van der Waals surface area contributed by atoms with Crippen LogP contribution in [-0.4, -0.2) is 60.9 Å². The van der Waals surface area contributed by atoms with Gasteiger partial charge in [-0.2, -0.15) is 0 Å². The van der Waals surface area contributed by atoms with Gasteiger partial charge in [0.1, 0.15) is 0 Å². The average Bonchev–Trinajstić information content (AvgIpc) is 3.29. The summed E-state index contributed by atoms with van der Waals surface area (Å²) in [4.78, 5) is 29.8. The molecule has 2 amide bonds. The largest absolute Gasteiger partial charge is 0.339 e. The molecule has 0 unspecified atom stereocenters. The lowest BCUT2D eigenvalue weighted by molar-refractivity contribution is -0.133. The maximum atomic E-state index is 12.7. The summed E-state index contributed by atoms with van der Waals surface area (Å²) in [5, 5.41) is 5.43. The van der Waals surface area contributed by atoms with E-state index in [0.717, 1.165) is 24.4 Å². The molecule has 148 valence electrons. The van der Waals surface area contributed by atoms with Crippen molar-refractivity contribution >= 4 is 56.3 Å². The Morgan fingerprint density at radius 2 is 1.78 bits per heavy atom. The average molecular weight is 428 g/mol. The topological polar surface area (TPSA) is 52.7 Å². The van der Waals surface area contributed by atoms with Crippen LogP contribution in [0.4, 0.5) is 0 Å². The first-order valence-electron chi connectivity index (χ1n) is 9.45. The second-order valence-electron chi connectivity index (χ2n) is 7.16. The van der Waals surface area contributed by atoms with Crippen molar-refractivity contribution in [2.75, 3.05) is 39.3 Å². The van der Waals surface area contributed by atoms with Crippen molar-refractivity contribution in [2.24, 2.45) is 5.92 Å². The van der Waals surface area contributed by atoms with E-state index in [1.54, 1.807) is 22.7 Å². The van der Waals surface area contributed by atoms with Crippen LogP contribution in [0.15, 0.2) is 17.5 Å². The predicted molar refractivity (Wildman–Crippen MR) is 114 cm³/mol. The maximum Gasteiger partial charge on any atom is 0.264 e. The number of halogens is 1. The third kappa shape index (κ3) is 4.83.